The number of rotatable bonds is 5. The van der Waals surface area contributed by atoms with Crippen molar-refractivity contribution in [3.05, 3.63) is 46.8 Å². The maximum Gasteiger partial charge on any atom is 0.252 e. The van der Waals surface area contributed by atoms with Crippen molar-refractivity contribution < 1.29 is 13.2 Å². The van der Waals surface area contributed by atoms with E-state index in [0.717, 1.165) is 16.8 Å². The van der Waals surface area contributed by atoms with Crippen molar-refractivity contribution in [2.45, 2.75) is 31.0 Å². The molecule has 1 N–H and O–H groups in total. The second kappa shape index (κ2) is 8.10. The Labute approximate surface area is 164 Å². The number of nitrogens with one attached hydrogen (secondary N) is 1. The molecule has 2 heterocycles. The summed E-state index contributed by atoms with van der Waals surface area (Å²) in [5.41, 5.74) is 3.00. The zero-order valence-corrected chi connectivity index (χ0v) is 17.4. The third kappa shape index (κ3) is 4.40. The molecule has 0 unspecified atom stereocenters. The maximum atomic E-state index is 12.6. The predicted molar refractivity (Wildman–Crippen MR) is 109 cm³/mol. The molecule has 1 atom stereocenters. The first-order valence-corrected chi connectivity index (χ1v) is 11.3. The molecular formula is C19H25N3O3S2. The van der Waals surface area contributed by atoms with Crippen LogP contribution in [0.25, 0.3) is 0 Å². The van der Waals surface area contributed by atoms with E-state index < -0.39 is 10.0 Å². The molecule has 6 nitrogen and oxygen atoms in total. The summed E-state index contributed by atoms with van der Waals surface area (Å²) in [6.07, 6.45) is 0. The molecule has 8 heteroatoms. The van der Waals surface area contributed by atoms with Crippen LogP contribution < -0.4 is 5.32 Å². The van der Waals surface area contributed by atoms with Crippen LogP contribution in [0.5, 0.6) is 0 Å². The Bertz CT molecular complexity index is 902. The van der Waals surface area contributed by atoms with E-state index in [2.05, 4.69) is 5.32 Å². The normalized spacial score (nSPS) is 17.6. The van der Waals surface area contributed by atoms with Gasteiger partial charge < -0.3 is 5.32 Å². The fourth-order valence-electron chi connectivity index (χ4n) is 3.23. The van der Waals surface area contributed by atoms with E-state index in [9.17, 15) is 13.2 Å². The fraction of sp³-hybridized carbons (Fsp3) is 0.421. The van der Waals surface area contributed by atoms with Crippen molar-refractivity contribution in [2.75, 3.05) is 31.5 Å². The highest BCUT2D eigenvalue weighted by Gasteiger charge is 2.32. The molecule has 146 valence electrons. The summed E-state index contributed by atoms with van der Waals surface area (Å²) in [5, 5.41) is 4.75. The van der Waals surface area contributed by atoms with Gasteiger partial charge in [0.2, 0.25) is 5.91 Å². The number of thiophene rings is 1. The predicted octanol–water partition coefficient (Wildman–Crippen LogP) is 2.70. The molecule has 1 aromatic heterocycles. The van der Waals surface area contributed by atoms with Crippen LogP contribution in [-0.4, -0.2) is 55.8 Å². The fourth-order valence-corrected chi connectivity index (χ4v) is 5.79. The average Bonchev–Trinajstić information content (AvgIpc) is 3.19. The lowest BCUT2D eigenvalue weighted by Crippen LogP contribution is -2.53. The van der Waals surface area contributed by atoms with Gasteiger partial charge in [0.15, 0.2) is 0 Å². The van der Waals surface area contributed by atoms with Crippen LogP contribution in [0.15, 0.2) is 39.9 Å². The maximum absolute atomic E-state index is 12.6. The zero-order chi connectivity index (χ0) is 19.6. The van der Waals surface area contributed by atoms with E-state index in [1.165, 1.54) is 15.6 Å². The van der Waals surface area contributed by atoms with E-state index >= 15 is 0 Å². The number of aryl methyl sites for hydroxylation is 2. The van der Waals surface area contributed by atoms with E-state index in [1.807, 2.05) is 43.9 Å². The van der Waals surface area contributed by atoms with Crippen LogP contribution in [0, 0.1) is 13.8 Å². The highest BCUT2D eigenvalue weighted by Crippen LogP contribution is 2.23. The van der Waals surface area contributed by atoms with Crippen LogP contribution in [0.1, 0.15) is 18.1 Å². The summed E-state index contributed by atoms with van der Waals surface area (Å²) in [5.74, 6) is -0.0727. The van der Waals surface area contributed by atoms with Gasteiger partial charge in [-0.05, 0) is 43.8 Å². The molecule has 2 aromatic rings. The van der Waals surface area contributed by atoms with Gasteiger partial charge in [0.25, 0.3) is 10.0 Å². The quantitative estimate of drug-likeness (QED) is 0.827. The van der Waals surface area contributed by atoms with Crippen LogP contribution in [0.3, 0.4) is 0 Å². The lowest BCUT2D eigenvalue weighted by Gasteiger charge is -2.36. The molecule has 1 aromatic carbocycles. The number of anilines is 1. The van der Waals surface area contributed by atoms with Gasteiger partial charge in [0, 0.05) is 31.9 Å². The van der Waals surface area contributed by atoms with E-state index in [0.29, 0.717) is 30.4 Å². The highest BCUT2D eigenvalue weighted by molar-refractivity contribution is 7.91. The molecule has 27 heavy (non-hydrogen) atoms. The average molecular weight is 408 g/mol. The lowest BCUT2D eigenvalue weighted by molar-refractivity contribution is -0.121. The topological polar surface area (TPSA) is 69.7 Å². The number of hydrogen-bond donors (Lipinski definition) is 1. The molecule has 0 radical (unpaired) electrons. The first-order valence-electron chi connectivity index (χ1n) is 8.95. The van der Waals surface area contributed by atoms with Gasteiger partial charge in [0.05, 0.1) is 6.04 Å². The number of carbonyl (C=O) groups excluding carboxylic acids is 1. The Balaban J connectivity index is 1.59. The zero-order valence-electron chi connectivity index (χ0n) is 15.8. The largest absolute Gasteiger partial charge is 0.324 e. The third-order valence-corrected chi connectivity index (χ3v) is 8.20. The van der Waals surface area contributed by atoms with Gasteiger partial charge >= 0.3 is 0 Å². The van der Waals surface area contributed by atoms with Gasteiger partial charge in [0.1, 0.15) is 4.21 Å². The van der Waals surface area contributed by atoms with Crippen molar-refractivity contribution >= 4 is 33.0 Å². The Morgan fingerprint density at radius 1 is 1.15 bits per heavy atom. The van der Waals surface area contributed by atoms with Gasteiger partial charge in [-0.2, -0.15) is 4.31 Å². The second-order valence-electron chi connectivity index (χ2n) is 6.86. The van der Waals surface area contributed by atoms with Gasteiger partial charge in [-0.1, -0.05) is 23.8 Å². The molecule has 0 saturated carbocycles. The second-order valence-corrected chi connectivity index (χ2v) is 9.97. The minimum absolute atomic E-state index is 0.0727. The monoisotopic (exact) mass is 407 g/mol. The van der Waals surface area contributed by atoms with Crippen LogP contribution in [-0.2, 0) is 14.8 Å². The number of nitrogens with zero attached hydrogens (tertiary/aromatic N) is 2. The Hall–Kier alpha value is -1.74. The molecule has 1 amide bonds. The number of sulfonamides is 1. The van der Waals surface area contributed by atoms with Gasteiger partial charge in [-0.3, -0.25) is 9.69 Å². The molecule has 1 fully saturated rings. The summed E-state index contributed by atoms with van der Waals surface area (Å²) >= 11 is 1.23. The lowest BCUT2D eigenvalue weighted by atomic mass is 10.1. The molecule has 1 aliphatic heterocycles. The molecular weight excluding hydrogens is 382 g/mol. The van der Waals surface area contributed by atoms with Crippen molar-refractivity contribution in [1.82, 2.24) is 9.21 Å². The first kappa shape index (κ1) is 20.0. The summed E-state index contributed by atoms with van der Waals surface area (Å²) < 4.78 is 27.1. The third-order valence-electron chi connectivity index (χ3n) is 4.93. The molecule has 3 rings (SSSR count). The Kier molecular flexibility index (Phi) is 6.00. The summed E-state index contributed by atoms with van der Waals surface area (Å²) in [4.78, 5) is 14.7. The minimum atomic E-state index is -3.42. The van der Waals surface area contributed by atoms with E-state index in [1.54, 1.807) is 17.5 Å². The van der Waals surface area contributed by atoms with Crippen molar-refractivity contribution in [3.63, 3.8) is 0 Å². The van der Waals surface area contributed by atoms with Crippen LogP contribution in [0.2, 0.25) is 0 Å². The standard InChI is InChI=1S/C19H25N3O3S2/c1-14-6-7-17(15(2)13-14)20-19(23)16(3)21-8-10-22(11-9-21)27(24,25)18-5-4-12-26-18/h4-7,12-13,16H,8-11H2,1-3H3,(H,20,23)/t16-/m1/s1. The summed E-state index contributed by atoms with van der Waals surface area (Å²) in [6, 6.07) is 8.98. The van der Waals surface area contributed by atoms with Gasteiger partial charge in [-0.25, -0.2) is 8.42 Å². The van der Waals surface area contributed by atoms with E-state index in [4.69, 9.17) is 0 Å². The highest BCUT2D eigenvalue weighted by atomic mass is 32.2. The summed E-state index contributed by atoms with van der Waals surface area (Å²) in [6.45, 7) is 7.70. The van der Waals surface area contributed by atoms with E-state index in [-0.39, 0.29) is 11.9 Å². The SMILES string of the molecule is Cc1ccc(NC(=O)[C@@H](C)N2CCN(S(=O)(=O)c3cccs3)CC2)c(C)c1. The number of carbonyl (C=O) groups is 1. The van der Waals surface area contributed by atoms with Crippen molar-refractivity contribution in [3.8, 4) is 0 Å². The van der Waals surface area contributed by atoms with Gasteiger partial charge in [-0.15, -0.1) is 11.3 Å². The number of hydrogen-bond acceptors (Lipinski definition) is 5. The smallest absolute Gasteiger partial charge is 0.252 e. The Morgan fingerprint density at radius 3 is 2.44 bits per heavy atom. The molecule has 1 aliphatic rings. The van der Waals surface area contributed by atoms with Crippen LogP contribution >= 0.6 is 11.3 Å². The molecule has 0 aliphatic carbocycles. The molecule has 0 spiro atoms. The van der Waals surface area contributed by atoms with Crippen molar-refractivity contribution in [2.24, 2.45) is 0 Å². The summed E-state index contributed by atoms with van der Waals surface area (Å²) in [7, 11) is -3.42. The number of amides is 1. The van der Waals surface area contributed by atoms with Crippen molar-refractivity contribution in [1.29, 1.82) is 0 Å². The van der Waals surface area contributed by atoms with Crippen LogP contribution in [0.4, 0.5) is 5.69 Å². The number of benzene rings is 1. The molecule has 0 bridgehead atoms. The first-order chi connectivity index (χ1) is 12.8. The minimum Gasteiger partial charge on any atom is -0.324 e. The number of piperazine rings is 1. The Morgan fingerprint density at radius 2 is 1.85 bits per heavy atom. The molecule has 1 saturated heterocycles.